The smallest absolute Gasteiger partial charge is 0.188 e. The molecule has 3 nitrogen and oxygen atoms in total. The Labute approximate surface area is 154 Å². The summed E-state index contributed by atoms with van der Waals surface area (Å²) in [7, 11) is 0. The van der Waals surface area contributed by atoms with Crippen molar-refractivity contribution in [1.82, 2.24) is 9.80 Å². The second kappa shape index (κ2) is 8.32. The highest BCUT2D eigenvalue weighted by molar-refractivity contribution is 6.34. The number of benzene rings is 2. The second-order valence-electron chi connectivity index (χ2n) is 6.46. The molecule has 1 heterocycles. The standard InChI is InChI=1S/C21H23ClN2O/c1-17-5-4-6-18(15-17)16-24-13-11-23(12-14-24)10-9-21(25)19-7-2-3-8-20(19)22/h2-10,15H,11-14,16H2,1H3/b10-9+. The molecule has 2 aromatic carbocycles. The van der Waals surface area contributed by atoms with Gasteiger partial charge in [-0.25, -0.2) is 0 Å². The number of carbonyl (C=O) groups excluding carboxylic acids is 1. The van der Waals surface area contributed by atoms with Crippen molar-refractivity contribution >= 4 is 17.4 Å². The molecule has 1 fully saturated rings. The summed E-state index contributed by atoms with van der Waals surface area (Å²) in [5.74, 6) is -0.0483. The van der Waals surface area contributed by atoms with E-state index in [0.717, 1.165) is 32.7 Å². The Morgan fingerprint density at radius 1 is 1.08 bits per heavy atom. The Morgan fingerprint density at radius 2 is 1.84 bits per heavy atom. The summed E-state index contributed by atoms with van der Waals surface area (Å²) < 4.78 is 0. The molecule has 1 saturated heterocycles. The van der Waals surface area contributed by atoms with Crippen molar-refractivity contribution < 1.29 is 4.79 Å². The SMILES string of the molecule is Cc1cccc(CN2CCN(/C=C/C(=O)c3ccccc3Cl)CC2)c1. The van der Waals surface area contributed by atoms with Gasteiger partial charge in [-0.05, 0) is 24.6 Å². The molecular weight excluding hydrogens is 332 g/mol. The van der Waals surface area contributed by atoms with E-state index in [2.05, 4.69) is 41.0 Å². The van der Waals surface area contributed by atoms with E-state index in [4.69, 9.17) is 11.6 Å². The minimum Gasteiger partial charge on any atom is -0.375 e. The number of piperazine rings is 1. The van der Waals surface area contributed by atoms with E-state index >= 15 is 0 Å². The summed E-state index contributed by atoms with van der Waals surface area (Å²) in [5.41, 5.74) is 3.22. The maximum atomic E-state index is 12.2. The van der Waals surface area contributed by atoms with Gasteiger partial charge in [0.1, 0.15) is 0 Å². The van der Waals surface area contributed by atoms with Gasteiger partial charge >= 0.3 is 0 Å². The van der Waals surface area contributed by atoms with Crippen LogP contribution in [-0.4, -0.2) is 41.8 Å². The molecule has 0 aromatic heterocycles. The van der Waals surface area contributed by atoms with Crippen molar-refractivity contribution in [2.75, 3.05) is 26.2 Å². The van der Waals surface area contributed by atoms with E-state index in [-0.39, 0.29) is 5.78 Å². The van der Waals surface area contributed by atoms with Crippen LogP contribution in [0.2, 0.25) is 5.02 Å². The number of rotatable bonds is 5. The van der Waals surface area contributed by atoms with Crippen LogP contribution in [0, 0.1) is 6.92 Å². The van der Waals surface area contributed by atoms with Crippen LogP contribution in [0.5, 0.6) is 0 Å². The third kappa shape index (κ3) is 4.94. The highest BCUT2D eigenvalue weighted by Crippen LogP contribution is 2.16. The average Bonchev–Trinajstić information content (AvgIpc) is 2.61. The summed E-state index contributed by atoms with van der Waals surface area (Å²) >= 11 is 6.07. The molecule has 130 valence electrons. The molecule has 0 spiro atoms. The minimum absolute atomic E-state index is 0.0483. The number of carbonyl (C=O) groups is 1. The van der Waals surface area contributed by atoms with Gasteiger partial charge in [-0.15, -0.1) is 0 Å². The zero-order valence-corrected chi connectivity index (χ0v) is 15.2. The summed E-state index contributed by atoms with van der Waals surface area (Å²) in [6.07, 6.45) is 3.52. The lowest BCUT2D eigenvalue weighted by molar-refractivity contribution is 0.104. The predicted molar refractivity (Wildman–Crippen MR) is 103 cm³/mol. The zero-order chi connectivity index (χ0) is 17.6. The number of halogens is 1. The zero-order valence-electron chi connectivity index (χ0n) is 14.5. The summed E-state index contributed by atoms with van der Waals surface area (Å²) in [6, 6.07) is 15.8. The number of nitrogens with zero attached hydrogens (tertiary/aromatic N) is 2. The van der Waals surface area contributed by atoms with E-state index in [9.17, 15) is 4.79 Å². The molecule has 0 bridgehead atoms. The first-order chi connectivity index (χ1) is 12.1. The highest BCUT2D eigenvalue weighted by Gasteiger charge is 2.15. The molecule has 2 aromatic rings. The number of hydrogen-bond acceptors (Lipinski definition) is 3. The van der Waals surface area contributed by atoms with E-state index in [1.165, 1.54) is 11.1 Å². The quantitative estimate of drug-likeness (QED) is 0.595. The molecule has 0 unspecified atom stereocenters. The largest absolute Gasteiger partial charge is 0.375 e. The fourth-order valence-corrected chi connectivity index (χ4v) is 3.29. The Balaban J connectivity index is 1.51. The van der Waals surface area contributed by atoms with Crippen molar-refractivity contribution in [2.24, 2.45) is 0 Å². The van der Waals surface area contributed by atoms with Gasteiger partial charge in [0.05, 0.1) is 5.02 Å². The molecule has 0 atom stereocenters. The van der Waals surface area contributed by atoms with Gasteiger partial charge in [0, 0.05) is 50.6 Å². The molecular formula is C21H23ClN2O. The lowest BCUT2D eigenvalue weighted by atomic mass is 10.1. The normalized spacial score (nSPS) is 15.7. The molecule has 25 heavy (non-hydrogen) atoms. The number of aryl methyl sites for hydroxylation is 1. The lowest BCUT2D eigenvalue weighted by Gasteiger charge is -2.34. The molecule has 0 aliphatic carbocycles. The van der Waals surface area contributed by atoms with Crippen LogP contribution in [0.1, 0.15) is 21.5 Å². The lowest BCUT2D eigenvalue weighted by Crippen LogP contribution is -2.43. The van der Waals surface area contributed by atoms with Gasteiger partial charge in [-0.3, -0.25) is 9.69 Å². The van der Waals surface area contributed by atoms with Crippen LogP contribution < -0.4 is 0 Å². The maximum Gasteiger partial charge on any atom is 0.188 e. The Hall–Kier alpha value is -2.10. The van der Waals surface area contributed by atoms with Gasteiger partial charge < -0.3 is 4.90 Å². The molecule has 0 N–H and O–H groups in total. The third-order valence-electron chi connectivity index (χ3n) is 4.47. The van der Waals surface area contributed by atoms with Crippen LogP contribution in [0.4, 0.5) is 0 Å². The highest BCUT2D eigenvalue weighted by atomic mass is 35.5. The van der Waals surface area contributed by atoms with Crippen LogP contribution in [0.3, 0.4) is 0 Å². The predicted octanol–water partition coefficient (Wildman–Crippen LogP) is 4.16. The monoisotopic (exact) mass is 354 g/mol. The molecule has 1 aliphatic rings. The van der Waals surface area contributed by atoms with Crippen molar-refractivity contribution in [2.45, 2.75) is 13.5 Å². The number of allylic oxidation sites excluding steroid dienone is 1. The maximum absolute atomic E-state index is 12.2. The summed E-state index contributed by atoms with van der Waals surface area (Å²) in [5, 5.41) is 0.500. The van der Waals surface area contributed by atoms with Gasteiger partial charge in [-0.1, -0.05) is 53.6 Å². The number of hydrogen-bond donors (Lipinski definition) is 0. The van der Waals surface area contributed by atoms with Crippen LogP contribution in [-0.2, 0) is 6.54 Å². The minimum atomic E-state index is -0.0483. The molecule has 3 rings (SSSR count). The van der Waals surface area contributed by atoms with E-state index in [1.807, 2.05) is 18.3 Å². The molecule has 1 aliphatic heterocycles. The second-order valence-corrected chi connectivity index (χ2v) is 6.87. The molecule has 0 radical (unpaired) electrons. The molecule has 0 saturated carbocycles. The first kappa shape index (κ1) is 17.7. The van der Waals surface area contributed by atoms with Gasteiger partial charge in [0.2, 0.25) is 0 Å². The van der Waals surface area contributed by atoms with Crippen molar-refractivity contribution in [1.29, 1.82) is 0 Å². The van der Waals surface area contributed by atoms with Gasteiger partial charge in [0.25, 0.3) is 0 Å². The Morgan fingerprint density at radius 3 is 2.56 bits per heavy atom. The van der Waals surface area contributed by atoms with Crippen LogP contribution in [0.25, 0.3) is 0 Å². The fourth-order valence-electron chi connectivity index (χ4n) is 3.06. The van der Waals surface area contributed by atoms with Crippen LogP contribution >= 0.6 is 11.6 Å². The fraction of sp³-hybridized carbons (Fsp3) is 0.286. The van der Waals surface area contributed by atoms with Crippen molar-refractivity contribution in [3.63, 3.8) is 0 Å². The van der Waals surface area contributed by atoms with Crippen molar-refractivity contribution in [3.05, 3.63) is 82.5 Å². The first-order valence-electron chi connectivity index (χ1n) is 8.61. The number of ketones is 1. The Bertz CT molecular complexity index is 764. The van der Waals surface area contributed by atoms with Gasteiger partial charge in [0.15, 0.2) is 5.78 Å². The molecule has 4 heteroatoms. The van der Waals surface area contributed by atoms with E-state index in [1.54, 1.807) is 18.2 Å². The topological polar surface area (TPSA) is 23.6 Å². The van der Waals surface area contributed by atoms with Crippen molar-refractivity contribution in [3.8, 4) is 0 Å². The first-order valence-corrected chi connectivity index (χ1v) is 8.98. The van der Waals surface area contributed by atoms with E-state index in [0.29, 0.717) is 10.6 Å². The summed E-state index contributed by atoms with van der Waals surface area (Å²) in [4.78, 5) is 16.9. The summed E-state index contributed by atoms with van der Waals surface area (Å²) in [6.45, 7) is 6.97. The Kier molecular flexibility index (Phi) is 5.90. The van der Waals surface area contributed by atoms with E-state index < -0.39 is 0 Å². The third-order valence-corrected chi connectivity index (χ3v) is 4.80. The molecule has 0 amide bonds. The van der Waals surface area contributed by atoms with Crippen LogP contribution in [0.15, 0.2) is 60.8 Å². The van der Waals surface area contributed by atoms with Gasteiger partial charge in [-0.2, -0.15) is 0 Å². The average molecular weight is 355 g/mol.